The Bertz CT molecular complexity index is 2480. The second-order valence-electron chi connectivity index (χ2n) is 14.5. The summed E-state index contributed by atoms with van der Waals surface area (Å²) in [6.45, 7) is 5.73. The Morgan fingerprint density at radius 3 is 1.72 bits per heavy atom. The van der Waals surface area contributed by atoms with Crippen LogP contribution < -0.4 is 13.9 Å². The number of nitrogens with one attached hydrogen (secondary N) is 1. The number of rotatable bonds is 14. The third kappa shape index (κ3) is 10.7. The molecule has 0 atom stereocenters. The Balaban J connectivity index is 1.23. The Kier molecular flexibility index (Phi) is 12.7. The van der Waals surface area contributed by atoms with E-state index in [0.717, 1.165) is 5.69 Å². The largest absolute Gasteiger partial charge is 0.443 e. The van der Waals surface area contributed by atoms with Crippen molar-refractivity contribution in [3.63, 3.8) is 0 Å². The summed E-state index contributed by atoms with van der Waals surface area (Å²) in [7, 11) is -8.86. The SMILES string of the molecule is CC(C)(C)OC(=O)N(CCc1ccccn1)c1ccc(NC(=O)c2ccccc2-c2ccc(N(S(=O)(=O)Cc3ccccc3)S(=O)(=O)Cc3ccccc3)cc2)cc1. The van der Waals surface area contributed by atoms with E-state index in [4.69, 9.17) is 4.74 Å². The highest BCUT2D eigenvalue weighted by Crippen LogP contribution is 2.32. The molecule has 1 heterocycles. The quantitative estimate of drug-likeness (QED) is 0.115. The van der Waals surface area contributed by atoms with Gasteiger partial charge < -0.3 is 10.1 Å². The van der Waals surface area contributed by atoms with Gasteiger partial charge in [0.1, 0.15) is 5.60 Å². The molecule has 0 saturated carbocycles. The lowest BCUT2D eigenvalue weighted by atomic mass is 9.99. The van der Waals surface area contributed by atoms with Gasteiger partial charge in [-0.1, -0.05) is 97.1 Å². The highest BCUT2D eigenvalue weighted by atomic mass is 32.3. The lowest BCUT2D eigenvalue weighted by Crippen LogP contribution is -2.38. The Hall–Kier alpha value is -6.31. The van der Waals surface area contributed by atoms with E-state index in [1.165, 1.54) is 17.0 Å². The van der Waals surface area contributed by atoms with Crippen LogP contribution in [-0.2, 0) is 42.7 Å². The van der Waals surface area contributed by atoms with Crippen LogP contribution in [0.25, 0.3) is 11.1 Å². The van der Waals surface area contributed by atoms with Crippen LogP contribution in [0.4, 0.5) is 21.9 Å². The van der Waals surface area contributed by atoms with Crippen LogP contribution in [0.3, 0.4) is 0 Å². The molecule has 5 aromatic carbocycles. The molecule has 0 aliphatic rings. The van der Waals surface area contributed by atoms with Gasteiger partial charge in [0.05, 0.1) is 17.2 Å². The molecule has 6 aromatic rings. The first-order chi connectivity index (χ1) is 27.7. The number of ether oxygens (including phenoxy) is 1. The molecule has 0 fully saturated rings. The molecule has 1 aromatic heterocycles. The molecule has 1 N–H and O–H groups in total. The van der Waals surface area contributed by atoms with E-state index >= 15 is 0 Å². The standard InChI is InChI=1S/C45H44N4O7S2/c1-45(2,3)56-44(51)48(31-29-37-18-12-13-30-46-37)39-27-23-38(24-28-39)47-43(50)42-20-11-10-19-41(42)36-21-25-40(26-22-36)49(57(52,53)32-34-14-6-4-7-15-34)58(54,55)33-35-16-8-5-9-17-35/h4-28,30H,29,31-33H2,1-3H3,(H,47,50). The van der Waals surface area contributed by atoms with Crippen molar-refractivity contribution < 1.29 is 31.2 Å². The fourth-order valence-corrected chi connectivity index (χ4v) is 10.3. The van der Waals surface area contributed by atoms with Crippen LogP contribution in [0.2, 0.25) is 0 Å². The third-order valence-electron chi connectivity index (χ3n) is 8.82. The van der Waals surface area contributed by atoms with Crippen LogP contribution in [0, 0.1) is 0 Å². The van der Waals surface area contributed by atoms with Crippen molar-refractivity contribution in [3.8, 4) is 11.1 Å². The molecule has 11 nitrogen and oxygen atoms in total. The number of pyridine rings is 1. The predicted molar refractivity (Wildman–Crippen MR) is 228 cm³/mol. The first kappa shape index (κ1) is 41.3. The number of amides is 2. The number of aromatic nitrogens is 1. The molecule has 13 heteroatoms. The molecule has 298 valence electrons. The number of nitrogens with zero attached hydrogens (tertiary/aromatic N) is 3. The van der Waals surface area contributed by atoms with Crippen molar-refractivity contribution in [3.05, 3.63) is 180 Å². The van der Waals surface area contributed by atoms with Gasteiger partial charge in [0.25, 0.3) is 26.0 Å². The second kappa shape index (κ2) is 17.9. The third-order valence-corrected chi connectivity index (χ3v) is 13.0. The average Bonchev–Trinajstić information content (AvgIpc) is 3.19. The van der Waals surface area contributed by atoms with Crippen LogP contribution in [0.1, 0.15) is 48.0 Å². The van der Waals surface area contributed by atoms with E-state index in [-0.39, 0.29) is 5.69 Å². The minimum atomic E-state index is -4.43. The normalized spacial score (nSPS) is 11.7. The number of carbonyl (C=O) groups is 2. The van der Waals surface area contributed by atoms with E-state index in [1.54, 1.807) is 148 Å². The smallest absolute Gasteiger partial charge is 0.414 e. The van der Waals surface area contributed by atoms with Crippen molar-refractivity contribution in [2.75, 3.05) is 20.5 Å². The van der Waals surface area contributed by atoms with Gasteiger partial charge >= 0.3 is 6.09 Å². The summed E-state index contributed by atoms with van der Waals surface area (Å²) < 4.78 is 61.8. The van der Waals surface area contributed by atoms with Crippen LogP contribution in [0.15, 0.2) is 158 Å². The molecule has 0 aliphatic carbocycles. The first-order valence-electron chi connectivity index (χ1n) is 18.5. The fourth-order valence-electron chi connectivity index (χ4n) is 6.22. The summed E-state index contributed by atoms with van der Waals surface area (Å²) in [4.78, 5) is 32.9. The number of anilines is 3. The lowest BCUT2D eigenvalue weighted by molar-refractivity contribution is 0.0580. The summed E-state index contributed by atoms with van der Waals surface area (Å²) in [5, 5.41) is 2.93. The van der Waals surface area contributed by atoms with E-state index in [1.807, 2.05) is 18.2 Å². The van der Waals surface area contributed by atoms with Gasteiger partial charge in [-0.15, -0.1) is 0 Å². The summed E-state index contributed by atoms with van der Waals surface area (Å²) in [6, 6.07) is 42.2. The van der Waals surface area contributed by atoms with Crippen molar-refractivity contribution in [2.24, 2.45) is 0 Å². The zero-order chi connectivity index (χ0) is 41.3. The minimum absolute atomic E-state index is 0.0573. The fraction of sp³-hybridized carbons (Fsp3) is 0.178. The first-order valence-corrected chi connectivity index (χ1v) is 21.8. The van der Waals surface area contributed by atoms with Gasteiger partial charge in [-0.25, -0.2) is 21.6 Å². The van der Waals surface area contributed by atoms with Crippen molar-refractivity contribution in [2.45, 2.75) is 44.3 Å². The predicted octanol–water partition coefficient (Wildman–Crippen LogP) is 8.85. The van der Waals surface area contributed by atoms with E-state index < -0.39 is 49.2 Å². The Labute approximate surface area is 340 Å². The van der Waals surface area contributed by atoms with Gasteiger partial charge in [-0.3, -0.25) is 14.7 Å². The van der Waals surface area contributed by atoms with Crippen LogP contribution in [0.5, 0.6) is 0 Å². The van der Waals surface area contributed by atoms with Gasteiger partial charge in [0, 0.05) is 41.8 Å². The molecular formula is C45H44N4O7S2. The van der Waals surface area contributed by atoms with Gasteiger partial charge in [-0.2, -0.15) is 3.71 Å². The number of hydrogen-bond acceptors (Lipinski definition) is 8. The van der Waals surface area contributed by atoms with Gasteiger partial charge in [0.15, 0.2) is 0 Å². The molecule has 0 saturated heterocycles. The van der Waals surface area contributed by atoms with Gasteiger partial charge in [-0.05, 0) is 97.6 Å². The summed E-state index contributed by atoms with van der Waals surface area (Å²) in [6.07, 6.45) is 1.69. The van der Waals surface area contributed by atoms with Crippen LogP contribution in [-0.4, -0.2) is 46.0 Å². The average molecular weight is 817 g/mol. The molecule has 6 rings (SSSR count). The van der Waals surface area contributed by atoms with E-state index in [2.05, 4.69) is 10.3 Å². The van der Waals surface area contributed by atoms with Crippen molar-refractivity contribution in [1.29, 1.82) is 0 Å². The maximum atomic E-state index is 13.9. The maximum Gasteiger partial charge on any atom is 0.414 e. The summed E-state index contributed by atoms with van der Waals surface area (Å²) in [5.41, 5.74) is 3.43. The van der Waals surface area contributed by atoms with E-state index in [0.29, 0.717) is 55.9 Å². The molecule has 0 aliphatic heterocycles. The Morgan fingerprint density at radius 2 is 1.17 bits per heavy atom. The van der Waals surface area contributed by atoms with Crippen molar-refractivity contribution in [1.82, 2.24) is 4.98 Å². The van der Waals surface area contributed by atoms with Gasteiger partial charge in [0.2, 0.25) is 0 Å². The molecule has 0 bridgehead atoms. The maximum absolute atomic E-state index is 13.9. The molecule has 2 amide bonds. The zero-order valence-corrected chi connectivity index (χ0v) is 34.0. The monoisotopic (exact) mass is 816 g/mol. The number of hydrogen-bond donors (Lipinski definition) is 1. The molecule has 0 radical (unpaired) electrons. The van der Waals surface area contributed by atoms with Crippen molar-refractivity contribution >= 4 is 49.1 Å². The highest BCUT2D eigenvalue weighted by Gasteiger charge is 2.35. The Morgan fingerprint density at radius 1 is 0.638 bits per heavy atom. The minimum Gasteiger partial charge on any atom is -0.443 e. The second-order valence-corrected chi connectivity index (χ2v) is 18.3. The zero-order valence-electron chi connectivity index (χ0n) is 32.4. The van der Waals surface area contributed by atoms with Crippen LogP contribution >= 0.6 is 0 Å². The molecule has 58 heavy (non-hydrogen) atoms. The summed E-state index contributed by atoms with van der Waals surface area (Å²) >= 11 is 0. The number of benzene rings is 5. The lowest BCUT2D eigenvalue weighted by Gasteiger charge is -2.27. The molecule has 0 spiro atoms. The topological polar surface area (TPSA) is 143 Å². The highest BCUT2D eigenvalue weighted by molar-refractivity contribution is 8.09. The number of carbonyl (C=O) groups excluding carboxylic acids is 2. The molecule has 0 unspecified atom stereocenters. The van der Waals surface area contributed by atoms with E-state index in [9.17, 15) is 26.4 Å². The molecular weight excluding hydrogens is 773 g/mol. The summed E-state index contributed by atoms with van der Waals surface area (Å²) in [5.74, 6) is -1.47. The number of sulfonamides is 2.